The van der Waals surface area contributed by atoms with Gasteiger partial charge in [-0.05, 0) is 19.4 Å². The molecule has 6 heteroatoms. The van der Waals surface area contributed by atoms with Gasteiger partial charge in [0.2, 0.25) is 0 Å². The van der Waals surface area contributed by atoms with Gasteiger partial charge in [-0.25, -0.2) is 4.79 Å². The Labute approximate surface area is 122 Å². The summed E-state index contributed by atoms with van der Waals surface area (Å²) in [7, 11) is 0. The molecule has 2 atom stereocenters. The standard InChI is InChI=1S/C15H17N3O3/c1-10(12-6-4-3-5-7-12)17-14(19)13-8-16-18(9-13)11(2)15(20)21/h3-11H,1-2H3,(H,17,19)(H,20,21). The first-order valence-corrected chi connectivity index (χ1v) is 6.62. The zero-order chi connectivity index (χ0) is 15.4. The van der Waals surface area contributed by atoms with Crippen LogP contribution in [0.2, 0.25) is 0 Å². The van der Waals surface area contributed by atoms with Crippen LogP contribution in [-0.2, 0) is 4.79 Å². The number of hydrogen-bond acceptors (Lipinski definition) is 3. The number of rotatable bonds is 5. The summed E-state index contributed by atoms with van der Waals surface area (Å²) in [6, 6.07) is 8.64. The predicted molar refractivity (Wildman–Crippen MR) is 76.9 cm³/mol. The van der Waals surface area contributed by atoms with E-state index < -0.39 is 12.0 Å². The third-order valence-electron chi connectivity index (χ3n) is 3.27. The Hall–Kier alpha value is -2.63. The highest BCUT2D eigenvalue weighted by molar-refractivity contribution is 5.94. The van der Waals surface area contributed by atoms with Crippen LogP contribution in [0.15, 0.2) is 42.7 Å². The van der Waals surface area contributed by atoms with Crippen molar-refractivity contribution in [1.29, 1.82) is 0 Å². The quantitative estimate of drug-likeness (QED) is 0.881. The molecule has 0 aliphatic heterocycles. The second-order valence-corrected chi connectivity index (χ2v) is 4.83. The number of carboxylic acids is 1. The molecule has 0 spiro atoms. The summed E-state index contributed by atoms with van der Waals surface area (Å²) in [5.74, 6) is -1.28. The number of amides is 1. The molecule has 0 aliphatic rings. The van der Waals surface area contributed by atoms with Crippen molar-refractivity contribution >= 4 is 11.9 Å². The van der Waals surface area contributed by atoms with Crippen LogP contribution in [0.4, 0.5) is 0 Å². The van der Waals surface area contributed by atoms with Crippen molar-refractivity contribution in [1.82, 2.24) is 15.1 Å². The summed E-state index contributed by atoms with van der Waals surface area (Å²) in [5.41, 5.74) is 1.34. The van der Waals surface area contributed by atoms with E-state index in [0.29, 0.717) is 5.56 Å². The van der Waals surface area contributed by atoms with Gasteiger partial charge < -0.3 is 10.4 Å². The molecular formula is C15H17N3O3. The van der Waals surface area contributed by atoms with E-state index in [1.54, 1.807) is 0 Å². The fourth-order valence-electron chi connectivity index (χ4n) is 1.89. The van der Waals surface area contributed by atoms with Crippen molar-refractivity contribution in [3.05, 3.63) is 53.9 Å². The number of hydrogen-bond donors (Lipinski definition) is 2. The molecule has 2 rings (SSSR count). The average molecular weight is 287 g/mol. The lowest BCUT2D eigenvalue weighted by atomic mass is 10.1. The molecule has 21 heavy (non-hydrogen) atoms. The van der Waals surface area contributed by atoms with E-state index in [9.17, 15) is 9.59 Å². The Morgan fingerprint density at radius 3 is 2.52 bits per heavy atom. The Morgan fingerprint density at radius 1 is 1.24 bits per heavy atom. The minimum atomic E-state index is -0.997. The van der Waals surface area contributed by atoms with Crippen molar-refractivity contribution in [2.75, 3.05) is 0 Å². The summed E-state index contributed by atoms with van der Waals surface area (Å²) in [5, 5.41) is 15.7. The lowest BCUT2D eigenvalue weighted by Gasteiger charge is -2.13. The highest BCUT2D eigenvalue weighted by atomic mass is 16.4. The molecule has 0 aliphatic carbocycles. The van der Waals surface area contributed by atoms with Crippen molar-refractivity contribution in [2.45, 2.75) is 25.9 Å². The Bertz CT molecular complexity index is 637. The van der Waals surface area contributed by atoms with Gasteiger partial charge in [0.1, 0.15) is 6.04 Å². The molecule has 1 heterocycles. The number of aromatic nitrogens is 2. The molecule has 0 fully saturated rings. The van der Waals surface area contributed by atoms with E-state index in [1.807, 2.05) is 37.3 Å². The maximum Gasteiger partial charge on any atom is 0.328 e. The molecule has 1 amide bonds. The number of aliphatic carboxylic acids is 1. The van der Waals surface area contributed by atoms with Crippen LogP contribution in [0.25, 0.3) is 0 Å². The normalized spacial score (nSPS) is 13.4. The molecule has 2 unspecified atom stereocenters. The third-order valence-corrected chi connectivity index (χ3v) is 3.27. The van der Waals surface area contributed by atoms with Crippen LogP contribution in [0.5, 0.6) is 0 Å². The van der Waals surface area contributed by atoms with Gasteiger partial charge in [0.15, 0.2) is 0 Å². The predicted octanol–water partition coefficient (Wildman–Crippen LogP) is 2.02. The molecule has 0 radical (unpaired) electrons. The maximum atomic E-state index is 12.1. The van der Waals surface area contributed by atoms with Gasteiger partial charge in [-0.2, -0.15) is 5.10 Å². The minimum absolute atomic E-state index is 0.140. The molecule has 2 N–H and O–H groups in total. The van der Waals surface area contributed by atoms with Crippen molar-refractivity contribution in [3.8, 4) is 0 Å². The first-order chi connectivity index (χ1) is 9.99. The van der Waals surface area contributed by atoms with Crippen LogP contribution in [-0.4, -0.2) is 26.8 Å². The first-order valence-electron chi connectivity index (χ1n) is 6.62. The SMILES string of the molecule is CC(NC(=O)c1cnn(C(C)C(=O)O)c1)c1ccccc1. The van der Waals surface area contributed by atoms with Gasteiger partial charge in [-0.15, -0.1) is 0 Å². The zero-order valence-corrected chi connectivity index (χ0v) is 11.9. The van der Waals surface area contributed by atoms with Crippen LogP contribution >= 0.6 is 0 Å². The number of nitrogens with zero attached hydrogens (tertiary/aromatic N) is 2. The van der Waals surface area contributed by atoms with E-state index >= 15 is 0 Å². The molecule has 6 nitrogen and oxygen atoms in total. The summed E-state index contributed by atoms with van der Waals surface area (Å²) < 4.78 is 1.25. The van der Waals surface area contributed by atoms with Crippen LogP contribution in [0.3, 0.4) is 0 Å². The zero-order valence-electron chi connectivity index (χ0n) is 11.9. The molecular weight excluding hydrogens is 270 g/mol. The smallest absolute Gasteiger partial charge is 0.328 e. The number of carbonyl (C=O) groups excluding carboxylic acids is 1. The van der Waals surface area contributed by atoms with E-state index in [0.717, 1.165) is 5.56 Å². The topological polar surface area (TPSA) is 84.2 Å². The van der Waals surface area contributed by atoms with Crippen LogP contribution in [0.1, 0.15) is 41.9 Å². The fourth-order valence-corrected chi connectivity index (χ4v) is 1.89. The lowest BCUT2D eigenvalue weighted by Crippen LogP contribution is -2.26. The molecule has 1 aromatic heterocycles. The Morgan fingerprint density at radius 2 is 1.90 bits per heavy atom. The molecule has 0 bridgehead atoms. The molecule has 0 saturated carbocycles. The van der Waals surface area contributed by atoms with E-state index in [2.05, 4.69) is 10.4 Å². The van der Waals surface area contributed by atoms with E-state index in [-0.39, 0.29) is 11.9 Å². The van der Waals surface area contributed by atoms with Gasteiger partial charge in [0, 0.05) is 6.20 Å². The highest BCUT2D eigenvalue weighted by Crippen LogP contribution is 2.13. The van der Waals surface area contributed by atoms with Gasteiger partial charge in [0.25, 0.3) is 5.91 Å². The monoisotopic (exact) mass is 287 g/mol. The number of carboxylic acid groups (broad SMARTS) is 1. The summed E-state index contributed by atoms with van der Waals surface area (Å²) in [6.07, 6.45) is 2.80. The van der Waals surface area contributed by atoms with Gasteiger partial charge >= 0.3 is 5.97 Å². The highest BCUT2D eigenvalue weighted by Gasteiger charge is 2.17. The number of benzene rings is 1. The molecule has 0 saturated heterocycles. The number of carbonyl (C=O) groups is 2. The van der Waals surface area contributed by atoms with E-state index in [1.165, 1.54) is 24.0 Å². The van der Waals surface area contributed by atoms with Crippen molar-refractivity contribution < 1.29 is 14.7 Å². The second kappa shape index (κ2) is 6.21. The van der Waals surface area contributed by atoms with E-state index in [4.69, 9.17) is 5.11 Å². The van der Waals surface area contributed by atoms with Gasteiger partial charge in [-0.1, -0.05) is 30.3 Å². The summed E-state index contributed by atoms with van der Waals surface area (Å²) in [4.78, 5) is 23.0. The van der Waals surface area contributed by atoms with Gasteiger partial charge in [-0.3, -0.25) is 9.48 Å². The maximum absolute atomic E-state index is 12.1. The fraction of sp³-hybridized carbons (Fsp3) is 0.267. The number of nitrogens with one attached hydrogen (secondary N) is 1. The first kappa shape index (κ1) is 14.8. The van der Waals surface area contributed by atoms with Crippen LogP contribution < -0.4 is 5.32 Å². The summed E-state index contributed by atoms with van der Waals surface area (Å²) in [6.45, 7) is 3.39. The molecule has 2 aromatic rings. The minimum Gasteiger partial charge on any atom is -0.480 e. The molecule has 1 aromatic carbocycles. The van der Waals surface area contributed by atoms with Crippen molar-refractivity contribution in [2.24, 2.45) is 0 Å². The lowest BCUT2D eigenvalue weighted by molar-refractivity contribution is -0.140. The average Bonchev–Trinajstić information content (AvgIpc) is 2.97. The summed E-state index contributed by atoms with van der Waals surface area (Å²) >= 11 is 0. The second-order valence-electron chi connectivity index (χ2n) is 4.83. The largest absolute Gasteiger partial charge is 0.480 e. The Kier molecular flexibility index (Phi) is 4.37. The van der Waals surface area contributed by atoms with Gasteiger partial charge in [0.05, 0.1) is 17.8 Å². The third kappa shape index (κ3) is 3.47. The van der Waals surface area contributed by atoms with Crippen LogP contribution in [0, 0.1) is 0 Å². The Balaban J connectivity index is 2.06. The molecule has 110 valence electrons. The van der Waals surface area contributed by atoms with Crippen molar-refractivity contribution in [3.63, 3.8) is 0 Å².